The second-order valence-corrected chi connectivity index (χ2v) is 4.43. The molecule has 3 N–H and O–H groups in total. The number of aliphatic hydroxyl groups is 3. The lowest BCUT2D eigenvalue weighted by molar-refractivity contribution is -0.0907. The monoisotopic (exact) mass is 186 g/mol. The summed E-state index contributed by atoms with van der Waals surface area (Å²) in [5.74, 6) is 0.0366. The highest BCUT2D eigenvalue weighted by atomic mass is 16.3. The summed E-state index contributed by atoms with van der Waals surface area (Å²) in [5, 5.41) is 29.2. The zero-order valence-electron chi connectivity index (χ0n) is 8.36. The lowest BCUT2D eigenvalue weighted by atomic mass is 9.75. The first kappa shape index (κ1) is 10.7. The molecule has 0 aromatic heterocycles. The van der Waals surface area contributed by atoms with Gasteiger partial charge in [0.25, 0.3) is 0 Å². The largest absolute Gasteiger partial charge is 0.390 e. The van der Waals surface area contributed by atoms with Crippen LogP contribution in [0.1, 0.15) is 27.2 Å². The van der Waals surface area contributed by atoms with Gasteiger partial charge >= 0.3 is 0 Å². The number of rotatable bonds is 1. The quantitative estimate of drug-likeness (QED) is 0.521. The van der Waals surface area contributed by atoms with Crippen LogP contribution >= 0.6 is 0 Å². The van der Waals surface area contributed by atoms with Gasteiger partial charge in [-0.05, 0) is 12.8 Å². The minimum Gasteiger partial charge on any atom is -0.390 e. The topological polar surface area (TPSA) is 60.7 Å². The van der Waals surface area contributed by atoms with Crippen LogP contribution in [0.4, 0.5) is 0 Å². The van der Waals surface area contributed by atoms with Crippen molar-refractivity contribution < 1.29 is 15.3 Å². The maximum Gasteiger partial charge on any atom is 0.106 e. The van der Waals surface area contributed by atoms with Gasteiger partial charge in [0.1, 0.15) is 5.60 Å². The Morgan fingerprint density at radius 1 is 1.31 bits per heavy atom. The molecular weight excluding hydrogens is 168 g/mol. The minimum absolute atomic E-state index is 0.0366. The van der Waals surface area contributed by atoms with Gasteiger partial charge in [0.05, 0.1) is 11.7 Å². The summed E-state index contributed by atoms with van der Waals surface area (Å²) >= 11 is 0. The van der Waals surface area contributed by atoms with Crippen molar-refractivity contribution in [3.63, 3.8) is 0 Å². The van der Waals surface area contributed by atoms with E-state index in [4.69, 9.17) is 0 Å². The number of hydrogen-bond donors (Lipinski definition) is 3. The Bertz CT molecular complexity index is 220. The maximum absolute atomic E-state index is 9.99. The summed E-state index contributed by atoms with van der Waals surface area (Å²) < 4.78 is 0. The highest BCUT2D eigenvalue weighted by Crippen LogP contribution is 2.33. The average molecular weight is 186 g/mol. The van der Waals surface area contributed by atoms with Gasteiger partial charge in [0.15, 0.2) is 0 Å². The molecule has 0 bridgehead atoms. The van der Waals surface area contributed by atoms with Crippen molar-refractivity contribution in [2.24, 2.45) is 5.92 Å². The molecule has 76 valence electrons. The molecule has 1 rings (SSSR count). The Hall–Kier alpha value is -0.380. The first-order chi connectivity index (χ1) is 5.78. The predicted molar refractivity (Wildman–Crippen MR) is 50.2 cm³/mol. The van der Waals surface area contributed by atoms with E-state index in [1.807, 2.05) is 13.8 Å². The predicted octanol–water partition coefficient (Wildman–Crippen LogP) is 0.445. The van der Waals surface area contributed by atoms with E-state index >= 15 is 0 Å². The third-order valence-corrected chi connectivity index (χ3v) is 2.90. The van der Waals surface area contributed by atoms with Crippen LogP contribution < -0.4 is 0 Å². The maximum atomic E-state index is 9.99. The molecule has 3 atom stereocenters. The summed E-state index contributed by atoms with van der Waals surface area (Å²) in [5.41, 5.74) is -2.19. The zero-order valence-corrected chi connectivity index (χ0v) is 8.36. The fourth-order valence-corrected chi connectivity index (χ4v) is 1.44. The van der Waals surface area contributed by atoms with E-state index in [1.165, 1.54) is 13.0 Å². The highest BCUT2D eigenvalue weighted by molar-refractivity contribution is 5.17. The van der Waals surface area contributed by atoms with Gasteiger partial charge in [-0.25, -0.2) is 0 Å². The van der Waals surface area contributed by atoms with Crippen LogP contribution in [0.2, 0.25) is 0 Å². The SMILES string of the molecule is CC(C)[C@]1(O)C=C[C@@](C)(O)[C@@H](O)C1. The molecule has 1 aliphatic carbocycles. The van der Waals surface area contributed by atoms with Crippen LogP contribution in [0.15, 0.2) is 12.2 Å². The van der Waals surface area contributed by atoms with Crippen molar-refractivity contribution in [2.75, 3.05) is 0 Å². The van der Waals surface area contributed by atoms with E-state index in [2.05, 4.69) is 0 Å². The van der Waals surface area contributed by atoms with Crippen molar-refractivity contribution >= 4 is 0 Å². The van der Waals surface area contributed by atoms with Gasteiger partial charge in [-0.15, -0.1) is 0 Å². The highest BCUT2D eigenvalue weighted by Gasteiger charge is 2.41. The van der Waals surface area contributed by atoms with Gasteiger partial charge in [-0.1, -0.05) is 26.0 Å². The first-order valence-corrected chi connectivity index (χ1v) is 4.61. The van der Waals surface area contributed by atoms with Crippen LogP contribution in [-0.4, -0.2) is 32.6 Å². The molecule has 0 unspecified atom stereocenters. The Labute approximate surface area is 78.7 Å². The summed E-state index contributed by atoms with van der Waals surface area (Å²) in [6, 6.07) is 0. The van der Waals surface area contributed by atoms with E-state index < -0.39 is 17.3 Å². The molecule has 0 saturated carbocycles. The smallest absolute Gasteiger partial charge is 0.106 e. The average Bonchev–Trinajstić information content (AvgIpc) is 1.98. The molecular formula is C10H18O3. The lowest BCUT2D eigenvalue weighted by Gasteiger charge is -2.40. The molecule has 3 nitrogen and oxygen atoms in total. The Kier molecular flexibility index (Phi) is 2.54. The molecule has 0 aromatic rings. The van der Waals surface area contributed by atoms with E-state index in [1.54, 1.807) is 6.08 Å². The molecule has 3 heteroatoms. The second kappa shape index (κ2) is 3.08. The summed E-state index contributed by atoms with van der Waals surface area (Å²) in [6.45, 7) is 5.31. The van der Waals surface area contributed by atoms with Gasteiger partial charge in [-0.2, -0.15) is 0 Å². The molecule has 0 spiro atoms. The molecule has 0 amide bonds. The van der Waals surface area contributed by atoms with Crippen LogP contribution in [-0.2, 0) is 0 Å². The van der Waals surface area contributed by atoms with E-state index in [0.29, 0.717) is 0 Å². The third kappa shape index (κ3) is 1.93. The van der Waals surface area contributed by atoms with Crippen molar-refractivity contribution in [3.8, 4) is 0 Å². The van der Waals surface area contributed by atoms with Gasteiger partial charge in [0, 0.05) is 6.42 Å². The standard InChI is InChI=1S/C10H18O3/c1-7(2)10(13)5-4-9(3,12)8(11)6-10/h4-5,7-8,11-13H,6H2,1-3H3/t8-,9+,10-/m0/s1. The number of hydrogen-bond acceptors (Lipinski definition) is 3. The van der Waals surface area contributed by atoms with E-state index in [-0.39, 0.29) is 12.3 Å². The summed E-state index contributed by atoms with van der Waals surface area (Å²) in [7, 11) is 0. The molecule has 0 aliphatic heterocycles. The van der Waals surface area contributed by atoms with Gasteiger partial charge in [0.2, 0.25) is 0 Å². The Morgan fingerprint density at radius 3 is 2.23 bits per heavy atom. The summed E-state index contributed by atoms with van der Waals surface area (Å²) in [4.78, 5) is 0. The fourth-order valence-electron chi connectivity index (χ4n) is 1.44. The fraction of sp³-hybridized carbons (Fsp3) is 0.800. The molecule has 0 heterocycles. The Balaban J connectivity index is 2.90. The molecule has 0 saturated heterocycles. The molecule has 13 heavy (non-hydrogen) atoms. The first-order valence-electron chi connectivity index (χ1n) is 4.61. The van der Waals surface area contributed by atoms with Crippen molar-refractivity contribution in [2.45, 2.75) is 44.5 Å². The third-order valence-electron chi connectivity index (χ3n) is 2.90. The molecule has 0 fully saturated rings. The minimum atomic E-state index is -1.21. The normalized spacial score (nSPS) is 45.6. The summed E-state index contributed by atoms with van der Waals surface area (Å²) in [6.07, 6.45) is 2.35. The zero-order chi connectivity index (χ0) is 10.3. The van der Waals surface area contributed by atoms with E-state index in [0.717, 1.165) is 0 Å². The van der Waals surface area contributed by atoms with Crippen LogP contribution in [0, 0.1) is 5.92 Å². The molecule has 0 aromatic carbocycles. The van der Waals surface area contributed by atoms with Crippen LogP contribution in [0.25, 0.3) is 0 Å². The van der Waals surface area contributed by atoms with Gasteiger partial charge in [-0.3, -0.25) is 0 Å². The van der Waals surface area contributed by atoms with Crippen molar-refractivity contribution in [3.05, 3.63) is 12.2 Å². The Morgan fingerprint density at radius 2 is 1.85 bits per heavy atom. The number of aliphatic hydroxyl groups excluding tert-OH is 1. The lowest BCUT2D eigenvalue weighted by Crippen LogP contribution is -2.49. The second-order valence-electron chi connectivity index (χ2n) is 4.43. The van der Waals surface area contributed by atoms with E-state index in [9.17, 15) is 15.3 Å². The van der Waals surface area contributed by atoms with Gasteiger partial charge < -0.3 is 15.3 Å². The van der Waals surface area contributed by atoms with Crippen LogP contribution in [0.3, 0.4) is 0 Å². The van der Waals surface area contributed by atoms with Crippen LogP contribution in [0.5, 0.6) is 0 Å². The van der Waals surface area contributed by atoms with Crippen molar-refractivity contribution in [1.82, 2.24) is 0 Å². The molecule has 1 aliphatic rings. The molecule has 0 radical (unpaired) electrons. The van der Waals surface area contributed by atoms with Crippen molar-refractivity contribution in [1.29, 1.82) is 0 Å².